The summed E-state index contributed by atoms with van der Waals surface area (Å²) < 4.78 is 33.6. The molecule has 0 aliphatic heterocycles. The van der Waals surface area contributed by atoms with E-state index >= 15 is 0 Å². The molecule has 0 saturated heterocycles. The first-order chi connectivity index (χ1) is 9.58. The lowest BCUT2D eigenvalue weighted by molar-refractivity contribution is -0.0512. The van der Waals surface area contributed by atoms with Crippen LogP contribution in [0.3, 0.4) is 0 Å². The molecule has 1 aromatic carbocycles. The molecule has 0 heterocycles. The van der Waals surface area contributed by atoms with Crippen LogP contribution in [0.15, 0.2) is 18.2 Å². The van der Waals surface area contributed by atoms with Crippen LogP contribution in [0, 0.1) is 0 Å². The predicted molar refractivity (Wildman–Crippen MR) is 70.5 cm³/mol. The molecule has 0 saturated carbocycles. The summed E-state index contributed by atoms with van der Waals surface area (Å²) in [5.41, 5.74) is 0.327. The van der Waals surface area contributed by atoms with Crippen molar-refractivity contribution in [3.63, 3.8) is 0 Å². The lowest BCUT2D eigenvalue weighted by Crippen LogP contribution is -2.26. The third kappa shape index (κ3) is 5.00. The second kappa shape index (κ2) is 8.31. The summed E-state index contributed by atoms with van der Waals surface area (Å²) in [6, 6.07) is 4.06. The van der Waals surface area contributed by atoms with Crippen LogP contribution < -0.4 is 20.1 Å². The minimum absolute atomic E-state index is 0.0909. The van der Waals surface area contributed by atoms with Crippen molar-refractivity contribution >= 4 is 5.91 Å². The average Bonchev–Trinajstić information content (AvgIpc) is 2.43. The number of halogens is 2. The molecule has 1 amide bonds. The Labute approximate surface area is 116 Å². The zero-order chi connectivity index (χ0) is 15.0. The van der Waals surface area contributed by atoms with Crippen molar-refractivity contribution in [1.29, 1.82) is 0 Å². The second-order valence-electron chi connectivity index (χ2n) is 3.96. The van der Waals surface area contributed by atoms with Gasteiger partial charge in [-0.1, -0.05) is 0 Å². The Balaban J connectivity index is 2.69. The molecule has 0 atom stereocenters. The largest absolute Gasteiger partial charge is 0.493 e. The second-order valence-corrected chi connectivity index (χ2v) is 3.96. The number of nitrogens with one attached hydrogen (secondary N) is 2. The third-order valence-corrected chi connectivity index (χ3v) is 2.53. The Kier molecular flexibility index (Phi) is 6.72. The Bertz CT molecular complexity index is 442. The topological polar surface area (TPSA) is 59.6 Å². The summed E-state index contributed by atoms with van der Waals surface area (Å²) in [6.07, 6.45) is 0.798. The van der Waals surface area contributed by atoms with E-state index in [9.17, 15) is 13.6 Å². The van der Waals surface area contributed by atoms with Crippen LogP contribution in [-0.4, -0.2) is 39.8 Å². The fraction of sp³-hybridized carbons (Fsp3) is 0.462. The summed E-state index contributed by atoms with van der Waals surface area (Å²) >= 11 is 0. The van der Waals surface area contributed by atoms with E-state index in [1.54, 1.807) is 0 Å². The Morgan fingerprint density at radius 3 is 2.65 bits per heavy atom. The van der Waals surface area contributed by atoms with Gasteiger partial charge in [-0.05, 0) is 38.2 Å². The number of benzene rings is 1. The molecule has 5 nitrogen and oxygen atoms in total. The number of methoxy groups -OCH3 is 1. The van der Waals surface area contributed by atoms with Crippen molar-refractivity contribution in [2.75, 3.05) is 27.2 Å². The van der Waals surface area contributed by atoms with Crippen LogP contribution in [0.25, 0.3) is 0 Å². The van der Waals surface area contributed by atoms with Gasteiger partial charge < -0.3 is 20.1 Å². The summed E-state index contributed by atoms with van der Waals surface area (Å²) in [5.74, 6) is -0.301. The highest BCUT2D eigenvalue weighted by Gasteiger charge is 2.13. The van der Waals surface area contributed by atoms with Gasteiger partial charge in [-0.3, -0.25) is 4.79 Å². The van der Waals surface area contributed by atoms with E-state index in [1.165, 1.54) is 25.3 Å². The molecule has 2 N–H and O–H groups in total. The average molecular weight is 288 g/mol. The maximum atomic E-state index is 12.2. The van der Waals surface area contributed by atoms with Crippen LogP contribution >= 0.6 is 0 Å². The molecule has 0 bridgehead atoms. The summed E-state index contributed by atoms with van der Waals surface area (Å²) in [5, 5.41) is 5.69. The summed E-state index contributed by atoms with van der Waals surface area (Å²) in [4.78, 5) is 11.8. The predicted octanol–water partition coefficient (Wildman–Crippen LogP) is 1.64. The third-order valence-electron chi connectivity index (χ3n) is 2.53. The quantitative estimate of drug-likeness (QED) is 0.714. The van der Waals surface area contributed by atoms with E-state index in [2.05, 4.69) is 15.4 Å². The Morgan fingerprint density at radius 1 is 1.30 bits per heavy atom. The molecule has 0 unspecified atom stereocenters. The lowest BCUT2D eigenvalue weighted by atomic mass is 10.2. The fourth-order valence-corrected chi connectivity index (χ4v) is 1.57. The molecular formula is C13H18F2N2O3. The van der Waals surface area contributed by atoms with Gasteiger partial charge in [0, 0.05) is 12.1 Å². The number of carbonyl (C=O) groups excluding carboxylic acids is 1. The molecule has 0 aliphatic rings. The highest BCUT2D eigenvalue weighted by Crippen LogP contribution is 2.29. The molecule has 112 valence electrons. The minimum atomic E-state index is -2.94. The van der Waals surface area contributed by atoms with Crippen molar-refractivity contribution in [3.8, 4) is 11.5 Å². The van der Waals surface area contributed by atoms with Crippen molar-refractivity contribution in [2.45, 2.75) is 13.0 Å². The zero-order valence-corrected chi connectivity index (χ0v) is 11.4. The van der Waals surface area contributed by atoms with Crippen LogP contribution in [-0.2, 0) is 0 Å². The molecule has 0 aliphatic carbocycles. The molecule has 0 spiro atoms. The summed E-state index contributed by atoms with van der Waals surface area (Å²) in [7, 11) is 3.15. The molecule has 20 heavy (non-hydrogen) atoms. The van der Waals surface area contributed by atoms with E-state index in [1.807, 2.05) is 7.05 Å². The summed E-state index contributed by atoms with van der Waals surface area (Å²) in [6.45, 7) is -1.62. The highest BCUT2D eigenvalue weighted by molar-refractivity contribution is 5.94. The van der Waals surface area contributed by atoms with Crippen LogP contribution in [0.5, 0.6) is 11.5 Å². The van der Waals surface area contributed by atoms with E-state index in [-0.39, 0.29) is 17.4 Å². The fourth-order valence-electron chi connectivity index (χ4n) is 1.57. The molecule has 1 aromatic rings. The molecule has 0 radical (unpaired) electrons. The van der Waals surface area contributed by atoms with E-state index < -0.39 is 6.61 Å². The molecule has 7 heteroatoms. The molecular weight excluding hydrogens is 270 g/mol. The van der Waals surface area contributed by atoms with Crippen LogP contribution in [0.2, 0.25) is 0 Å². The van der Waals surface area contributed by atoms with Crippen molar-refractivity contribution in [1.82, 2.24) is 10.6 Å². The monoisotopic (exact) mass is 288 g/mol. The number of hydrogen-bond acceptors (Lipinski definition) is 4. The number of ether oxygens (including phenoxy) is 2. The van der Waals surface area contributed by atoms with Crippen LogP contribution in [0.4, 0.5) is 8.78 Å². The Hall–Kier alpha value is -1.89. The van der Waals surface area contributed by atoms with Gasteiger partial charge in [-0.25, -0.2) is 0 Å². The van der Waals surface area contributed by atoms with Gasteiger partial charge in [0.1, 0.15) is 0 Å². The molecule has 0 aromatic heterocycles. The first kappa shape index (κ1) is 16.2. The number of alkyl halides is 2. The van der Waals surface area contributed by atoms with Gasteiger partial charge in [-0.15, -0.1) is 0 Å². The maximum absolute atomic E-state index is 12.2. The van der Waals surface area contributed by atoms with Gasteiger partial charge >= 0.3 is 6.61 Å². The van der Waals surface area contributed by atoms with Crippen LogP contribution in [0.1, 0.15) is 16.8 Å². The van der Waals surface area contributed by atoms with Gasteiger partial charge in [-0.2, -0.15) is 8.78 Å². The van der Waals surface area contributed by atoms with Crippen molar-refractivity contribution < 1.29 is 23.0 Å². The normalized spacial score (nSPS) is 10.4. The van der Waals surface area contributed by atoms with Gasteiger partial charge in [0.05, 0.1) is 7.11 Å². The maximum Gasteiger partial charge on any atom is 0.387 e. The number of rotatable bonds is 8. The van der Waals surface area contributed by atoms with Gasteiger partial charge in [0.25, 0.3) is 5.91 Å². The molecule has 1 rings (SSSR count). The minimum Gasteiger partial charge on any atom is -0.493 e. The first-order valence-electron chi connectivity index (χ1n) is 6.14. The standard InChI is InChI=1S/C13H18F2N2O3/c1-16-6-3-7-17-12(18)9-4-5-10(20-13(14)15)11(8-9)19-2/h4-5,8,13,16H,3,6-7H2,1-2H3,(H,17,18). The van der Waals surface area contributed by atoms with Crippen molar-refractivity contribution in [3.05, 3.63) is 23.8 Å². The molecule has 0 fully saturated rings. The lowest BCUT2D eigenvalue weighted by Gasteiger charge is -2.11. The van der Waals surface area contributed by atoms with E-state index in [0.29, 0.717) is 12.1 Å². The number of amides is 1. The van der Waals surface area contributed by atoms with E-state index in [0.717, 1.165) is 13.0 Å². The zero-order valence-electron chi connectivity index (χ0n) is 11.4. The first-order valence-corrected chi connectivity index (χ1v) is 6.14. The van der Waals surface area contributed by atoms with E-state index in [4.69, 9.17) is 4.74 Å². The smallest absolute Gasteiger partial charge is 0.387 e. The number of hydrogen-bond donors (Lipinski definition) is 2. The highest BCUT2D eigenvalue weighted by atomic mass is 19.3. The number of carbonyl (C=O) groups is 1. The van der Waals surface area contributed by atoms with Crippen molar-refractivity contribution in [2.24, 2.45) is 0 Å². The van der Waals surface area contributed by atoms with Gasteiger partial charge in [0.15, 0.2) is 11.5 Å². The Morgan fingerprint density at radius 2 is 2.05 bits per heavy atom. The SMILES string of the molecule is CNCCCNC(=O)c1ccc(OC(F)F)c(OC)c1. The van der Waals surface area contributed by atoms with Gasteiger partial charge in [0.2, 0.25) is 0 Å².